The topological polar surface area (TPSA) is 79.0 Å². The van der Waals surface area contributed by atoms with Crippen LogP contribution in [0.25, 0.3) is 0 Å². The lowest BCUT2D eigenvalue weighted by molar-refractivity contribution is -0.380. The molecule has 1 aromatic heterocycles. The first kappa shape index (κ1) is 13.5. The third kappa shape index (κ3) is 3.30. The monoisotopic (exact) mass is 337 g/mol. The van der Waals surface area contributed by atoms with E-state index in [2.05, 4.69) is 27.3 Å². The smallest absolute Gasteiger partial charge is 0.324 e. The van der Waals surface area contributed by atoms with Gasteiger partial charge in [-0.1, -0.05) is 27.3 Å². The standard InChI is InChI=1S/C12H8BrN3O2S/c13-9-2-1-8(6-14)11(5-9)15-7-10-3-4-12(19-10)16(17)18/h1-5,15H,7H2. The number of nitrogens with zero attached hydrogens (tertiary/aromatic N) is 2. The van der Waals surface area contributed by atoms with Crippen LogP contribution in [0.5, 0.6) is 0 Å². The van der Waals surface area contributed by atoms with Crippen molar-refractivity contribution in [3.63, 3.8) is 0 Å². The van der Waals surface area contributed by atoms with E-state index in [9.17, 15) is 10.1 Å². The van der Waals surface area contributed by atoms with E-state index in [4.69, 9.17) is 5.26 Å². The summed E-state index contributed by atoms with van der Waals surface area (Å²) in [6.45, 7) is 0.448. The van der Waals surface area contributed by atoms with E-state index in [1.165, 1.54) is 6.07 Å². The molecule has 7 heteroatoms. The van der Waals surface area contributed by atoms with E-state index in [-0.39, 0.29) is 5.00 Å². The highest BCUT2D eigenvalue weighted by atomic mass is 79.9. The Labute approximate surface area is 121 Å². The van der Waals surface area contributed by atoms with Crippen LogP contribution in [0.1, 0.15) is 10.4 Å². The van der Waals surface area contributed by atoms with Gasteiger partial charge in [-0.15, -0.1) is 0 Å². The minimum absolute atomic E-state index is 0.117. The third-order valence-electron chi connectivity index (χ3n) is 2.38. The summed E-state index contributed by atoms with van der Waals surface area (Å²) < 4.78 is 0.867. The molecule has 2 rings (SSSR count). The fourth-order valence-corrected chi connectivity index (χ4v) is 2.62. The molecule has 0 spiro atoms. The third-order valence-corrected chi connectivity index (χ3v) is 3.91. The van der Waals surface area contributed by atoms with Crippen molar-refractivity contribution in [2.75, 3.05) is 5.32 Å². The average molecular weight is 338 g/mol. The molecule has 1 heterocycles. The van der Waals surface area contributed by atoms with Gasteiger partial charge in [0.2, 0.25) is 0 Å². The summed E-state index contributed by atoms with van der Waals surface area (Å²) in [6, 6.07) is 10.6. The number of rotatable bonds is 4. The Morgan fingerprint density at radius 2 is 2.21 bits per heavy atom. The van der Waals surface area contributed by atoms with E-state index in [1.54, 1.807) is 24.3 Å². The van der Waals surface area contributed by atoms with Crippen LogP contribution in [-0.2, 0) is 6.54 Å². The second-order valence-corrected chi connectivity index (χ2v) is 5.71. The molecule has 0 aliphatic carbocycles. The van der Waals surface area contributed by atoms with Crippen LogP contribution in [0.2, 0.25) is 0 Å². The van der Waals surface area contributed by atoms with Crippen LogP contribution < -0.4 is 5.32 Å². The van der Waals surface area contributed by atoms with Gasteiger partial charge in [0, 0.05) is 22.0 Å². The van der Waals surface area contributed by atoms with Crippen molar-refractivity contribution in [2.24, 2.45) is 0 Å². The second kappa shape index (κ2) is 5.82. The number of hydrogen-bond donors (Lipinski definition) is 1. The zero-order chi connectivity index (χ0) is 13.8. The van der Waals surface area contributed by atoms with Crippen molar-refractivity contribution >= 4 is 38.0 Å². The molecule has 0 aliphatic heterocycles. The predicted octanol–water partition coefficient (Wildman–Crippen LogP) is 3.90. The highest BCUT2D eigenvalue weighted by Gasteiger charge is 2.10. The Hall–Kier alpha value is -1.91. The van der Waals surface area contributed by atoms with Gasteiger partial charge < -0.3 is 5.32 Å². The first-order chi connectivity index (χ1) is 9.10. The van der Waals surface area contributed by atoms with Crippen LogP contribution in [0.3, 0.4) is 0 Å². The van der Waals surface area contributed by atoms with Crippen LogP contribution >= 0.6 is 27.3 Å². The minimum atomic E-state index is -0.409. The molecule has 5 nitrogen and oxygen atoms in total. The van der Waals surface area contributed by atoms with Gasteiger partial charge in [0.15, 0.2) is 0 Å². The van der Waals surface area contributed by atoms with Crippen LogP contribution in [0, 0.1) is 21.4 Å². The van der Waals surface area contributed by atoms with Gasteiger partial charge in [0.25, 0.3) is 0 Å². The van der Waals surface area contributed by atoms with E-state index in [0.29, 0.717) is 17.8 Å². The molecule has 96 valence electrons. The molecular formula is C12H8BrN3O2S. The van der Waals surface area contributed by atoms with Crippen molar-refractivity contribution in [1.82, 2.24) is 0 Å². The van der Waals surface area contributed by atoms with Gasteiger partial charge in [-0.2, -0.15) is 5.26 Å². The number of nitrogens with one attached hydrogen (secondary N) is 1. The molecule has 0 saturated carbocycles. The van der Waals surface area contributed by atoms with E-state index < -0.39 is 4.92 Å². The maximum Gasteiger partial charge on any atom is 0.324 e. The van der Waals surface area contributed by atoms with Gasteiger partial charge in [-0.3, -0.25) is 10.1 Å². The number of benzene rings is 1. The number of halogens is 1. The Kier molecular flexibility index (Phi) is 4.14. The number of hydrogen-bond acceptors (Lipinski definition) is 5. The second-order valence-electron chi connectivity index (χ2n) is 3.65. The SMILES string of the molecule is N#Cc1ccc(Br)cc1NCc1ccc([N+](=O)[O-])s1. The molecule has 0 radical (unpaired) electrons. The van der Waals surface area contributed by atoms with E-state index in [1.807, 2.05) is 0 Å². The summed E-state index contributed by atoms with van der Waals surface area (Å²) in [4.78, 5) is 11.0. The van der Waals surface area contributed by atoms with Crippen LogP contribution in [0.4, 0.5) is 10.7 Å². The summed E-state index contributed by atoms with van der Waals surface area (Å²) in [5.41, 5.74) is 1.24. The van der Waals surface area contributed by atoms with Crippen LogP contribution in [-0.4, -0.2) is 4.92 Å². The number of anilines is 1. The maximum absolute atomic E-state index is 10.6. The molecule has 0 unspecified atom stereocenters. The highest BCUT2D eigenvalue weighted by molar-refractivity contribution is 9.10. The zero-order valence-electron chi connectivity index (χ0n) is 9.59. The average Bonchev–Trinajstić information content (AvgIpc) is 2.85. The quantitative estimate of drug-likeness (QED) is 0.677. The lowest BCUT2D eigenvalue weighted by atomic mass is 10.2. The molecule has 1 aromatic carbocycles. The molecule has 19 heavy (non-hydrogen) atoms. The Bertz CT molecular complexity index is 663. The summed E-state index contributed by atoms with van der Waals surface area (Å²) in [5.74, 6) is 0. The van der Waals surface area contributed by atoms with Crippen molar-refractivity contribution in [1.29, 1.82) is 5.26 Å². The van der Waals surface area contributed by atoms with Gasteiger partial charge >= 0.3 is 5.00 Å². The Morgan fingerprint density at radius 1 is 1.42 bits per heavy atom. The zero-order valence-corrected chi connectivity index (χ0v) is 12.0. The Morgan fingerprint density at radius 3 is 2.84 bits per heavy atom. The molecule has 0 amide bonds. The maximum atomic E-state index is 10.6. The molecule has 0 aliphatic rings. The minimum Gasteiger partial charge on any atom is -0.379 e. The first-order valence-corrected chi connectivity index (χ1v) is 6.87. The van der Waals surface area contributed by atoms with Gasteiger partial charge in [-0.05, 0) is 24.3 Å². The summed E-state index contributed by atoms with van der Waals surface area (Å²) in [5, 5.41) is 22.8. The molecular weight excluding hydrogens is 330 g/mol. The Balaban J connectivity index is 2.12. The van der Waals surface area contributed by atoms with E-state index in [0.717, 1.165) is 20.7 Å². The predicted molar refractivity (Wildman–Crippen MR) is 77.2 cm³/mol. The van der Waals surface area contributed by atoms with Gasteiger partial charge in [0.1, 0.15) is 6.07 Å². The fraction of sp³-hybridized carbons (Fsp3) is 0.0833. The molecule has 1 N–H and O–H groups in total. The molecule has 0 saturated heterocycles. The summed E-state index contributed by atoms with van der Waals surface area (Å²) in [6.07, 6.45) is 0. The molecule has 0 bridgehead atoms. The van der Waals surface area contributed by atoms with Crippen LogP contribution in [0.15, 0.2) is 34.8 Å². The van der Waals surface area contributed by atoms with E-state index >= 15 is 0 Å². The van der Waals surface area contributed by atoms with Crippen molar-refractivity contribution in [3.05, 3.63) is 55.4 Å². The first-order valence-electron chi connectivity index (χ1n) is 5.27. The van der Waals surface area contributed by atoms with Crippen molar-refractivity contribution < 1.29 is 4.92 Å². The lowest BCUT2D eigenvalue weighted by Gasteiger charge is -2.07. The number of thiophene rings is 1. The number of nitriles is 1. The van der Waals surface area contributed by atoms with Crippen molar-refractivity contribution in [3.8, 4) is 6.07 Å². The molecule has 0 fully saturated rings. The highest BCUT2D eigenvalue weighted by Crippen LogP contribution is 2.26. The largest absolute Gasteiger partial charge is 0.379 e. The normalized spacial score (nSPS) is 9.89. The lowest BCUT2D eigenvalue weighted by Crippen LogP contribution is -1.99. The summed E-state index contributed by atoms with van der Waals surface area (Å²) >= 11 is 4.46. The fourth-order valence-electron chi connectivity index (χ4n) is 1.50. The molecule has 2 aromatic rings. The summed E-state index contributed by atoms with van der Waals surface area (Å²) in [7, 11) is 0. The van der Waals surface area contributed by atoms with Crippen molar-refractivity contribution in [2.45, 2.75) is 6.54 Å². The number of nitro groups is 1. The molecule has 0 atom stereocenters. The van der Waals surface area contributed by atoms with Gasteiger partial charge in [0.05, 0.1) is 16.2 Å². The van der Waals surface area contributed by atoms with Gasteiger partial charge in [-0.25, -0.2) is 0 Å².